The van der Waals surface area contributed by atoms with Crippen molar-refractivity contribution in [1.82, 2.24) is 15.5 Å². The minimum Gasteiger partial charge on any atom is -0.492 e. The number of rotatable bonds is 8. The van der Waals surface area contributed by atoms with Gasteiger partial charge in [-0.1, -0.05) is 24.1 Å². The largest absolute Gasteiger partial charge is 0.492 e. The first kappa shape index (κ1) is 21.5. The Morgan fingerprint density at radius 2 is 2.04 bits per heavy atom. The third-order valence-electron chi connectivity index (χ3n) is 2.88. The van der Waals surface area contributed by atoms with Crippen LogP contribution in [0.5, 0.6) is 5.75 Å². The van der Waals surface area contributed by atoms with E-state index in [2.05, 4.69) is 26.4 Å². The van der Waals surface area contributed by atoms with Crippen LogP contribution in [-0.2, 0) is 6.54 Å². The van der Waals surface area contributed by atoms with Crippen molar-refractivity contribution in [2.75, 3.05) is 40.3 Å². The third-order valence-corrected chi connectivity index (χ3v) is 2.88. The highest BCUT2D eigenvalue weighted by Gasteiger charge is 2.03. The fourth-order valence-corrected chi connectivity index (χ4v) is 1.75. The molecule has 0 amide bonds. The van der Waals surface area contributed by atoms with Crippen LogP contribution in [0.25, 0.3) is 0 Å². The lowest BCUT2D eigenvalue weighted by Gasteiger charge is -2.14. The Labute approximate surface area is 156 Å². The smallest absolute Gasteiger partial charge is 0.192 e. The Morgan fingerprint density at radius 1 is 1.30 bits per heavy atom. The van der Waals surface area contributed by atoms with E-state index in [1.165, 1.54) is 0 Å². The molecule has 0 aromatic heterocycles. The van der Waals surface area contributed by atoms with Crippen LogP contribution in [0.3, 0.4) is 0 Å². The van der Waals surface area contributed by atoms with Crippen LogP contribution in [-0.4, -0.2) is 51.2 Å². The van der Waals surface area contributed by atoms with Gasteiger partial charge in [-0.3, -0.25) is 0 Å². The van der Waals surface area contributed by atoms with Crippen molar-refractivity contribution in [3.8, 4) is 18.1 Å². The van der Waals surface area contributed by atoms with Crippen molar-refractivity contribution >= 4 is 29.9 Å². The van der Waals surface area contributed by atoms with E-state index in [9.17, 15) is 0 Å². The van der Waals surface area contributed by atoms with Crippen LogP contribution in [0.2, 0.25) is 0 Å². The molecule has 128 valence electrons. The van der Waals surface area contributed by atoms with E-state index in [-0.39, 0.29) is 24.0 Å². The highest BCUT2D eigenvalue weighted by molar-refractivity contribution is 14.0. The standard InChI is InChI=1S/C17H26N4O.HI/c1-5-11-19-17(18-6-2)20-14-15-9-7-8-10-16(15)22-13-12-21(3)4;/h1,7-10H,6,11-14H2,2-4H3,(H2,18,19,20);1H. The number of aliphatic imine (C=N–C) groups is 1. The Morgan fingerprint density at radius 3 is 2.70 bits per heavy atom. The number of nitrogens with zero attached hydrogens (tertiary/aromatic N) is 2. The van der Waals surface area contributed by atoms with E-state index >= 15 is 0 Å². The van der Waals surface area contributed by atoms with Crippen molar-refractivity contribution in [3.63, 3.8) is 0 Å². The van der Waals surface area contributed by atoms with E-state index < -0.39 is 0 Å². The molecule has 2 N–H and O–H groups in total. The highest BCUT2D eigenvalue weighted by atomic mass is 127. The quantitative estimate of drug-likeness (QED) is 0.287. The van der Waals surface area contributed by atoms with Crippen LogP contribution in [0, 0.1) is 12.3 Å². The number of terminal acetylenes is 1. The monoisotopic (exact) mass is 430 g/mol. The molecule has 0 atom stereocenters. The summed E-state index contributed by atoms with van der Waals surface area (Å²) in [6, 6.07) is 7.97. The number of halogens is 1. The number of guanidine groups is 1. The molecule has 0 fully saturated rings. The lowest BCUT2D eigenvalue weighted by atomic mass is 10.2. The summed E-state index contributed by atoms with van der Waals surface area (Å²) < 4.78 is 5.84. The summed E-state index contributed by atoms with van der Waals surface area (Å²) in [6.07, 6.45) is 5.26. The second-order valence-electron chi connectivity index (χ2n) is 5.01. The molecule has 0 aliphatic carbocycles. The summed E-state index contributed by atoms with van der Waals surface area (Å²) in [4.78, 5) is 6.62. The summed E-state index contributed by atoms with van der Waals surface area (Å²) in [7, 11) is 4.05. The van der Waals surface area contributed by atoms with Crippen molar-refractivity contribution in [3.05, 3.63) is 29.8 Å². The molecule has 0 spiro atoms. The molecular weight excluding hydrogens is 403 g/mol. The molecule has 1 aromatic rings. The molecule has 0 unspecified atom stereocenters. The molecule has 0 radical (unpaired) electrons. The van der Waals surface area contributed by atoms with Gasteiger partial charge in [-0.25, -0.2) is 4.99 Å². The van der Waals surface area contributed by atoms with Gasteiger partial charge in [0.25, 0.3) is 0 Å². The molecule has 0 aliphatic heterocycles. The molecule has 6 heteroatoms. The average molecular weight is 430 g/mol. The number of hydrogen-bond donors (Lipinski definition) is 2. The van der Waals surface area contributed by atoms with Crippen LogP contribution >= 0.6 is 24.0 Å². The summed E-state index contributed by atoms with van der Waals surface area (Å²) in [5.41, 5.74) is 1.05. The van der Waals surface area contributed by atoms with Gasteiger partial charge < -0.3 is 20.3 Å². The van der Waals surface area contributed by atoms with E-state index in [4.69, 9.17) is 11.2 Å². The van der Waals surface area contributed by atoms with Gasteiger partial charge in [0.15, 0.2) is 5.96 Å². The predicted molar refractivity (Wildman–Crippen MR) is 108 cm³/mol. The van der Waals surface area contributed by atoms with Gasteiger partial charge >= 0.3 is 0 Å². The minimum absolute atomic E-state index is 0. The van der Waals surface area contributed by atoms with Crippen molar-refractivity contribution in [2.24, 2.45) is 4.99 Å². The molecule has 0 saturated carbocycles. The fourth-order valence-electron chi connectivity index (χ4n) is 1.75. The van der Waals surface area contributed by atoms with E-state index in [1.807, 2.05) is 45.3 Å². The molecule has 1 rings (SSSR count). The van der Waals surface area contributed by atoms with Crippen LogP contribution < -0.4 is 15.4 Å². The molecule has 0 aliphatic rings. The molecule has 0 bridgehead atoms. The number of likely N-dealkylation sites (N-methyl/N-ethyl adjacent to an activating group) is 1. The first-order valence-corrected chi connectivity index (χ1v) is 7.48. The highest BCUT2D eigenvalue weighted by Crippen LogP contribution is 2.18. The van der Waals surface area contributed by atoms with Crippen LogP contribution in [0.1, 0.15) is 12.5 Å². The number of benzene rings is 1. The van der Waals surface area contributed by atoms with Crippen molar-refractivity contribution < 1.29 is 4.74 Å². The van der Waals surface area contributed by atoms with Crippen molar-refractivity contribution in [1.29, 1.82) is 0 Å². The minimum atomic E-state index is 0. The van der Waals surface area contributed by atoms with Crippen LogP contribution in [0.4, 0.5) is 0 Å². The summed E-state index contributed by atoms with van der Waals surface area (Å²) >= 11 is 0. The molecular formula is C17H27IN4O. The summed E-state index contributed by atoms with van der Waals surface area (Å²) in [5, 5.41) is 6.23. The van der Waals surface area contributed by atoms with Gasteiger partial charge in [-0.05, 0) is 27.1 Å². The van der Waals surface area contributed by atoms with Crippen LogP contribution in [0.15, 0.2) is 29.3 Å². The molecule has 23 heavy (non-hydrogen) atoms. The molecule has 1 aromatic carbocycles. The number of hydrogen-bond acceptors (Lipinski definition) is 3. The first-order chi connectivity index (χ1) is 10.7. The topological polar surface area (TPSA) is 48.9 Å². The van der Waals surface area contributed by atoms with Gasteiger partial charge in [0, 0.05) is 18.7 Å². The third kappa shape index (κ3) is 9.31. The van der Waals surface area contributed by atoms with Gasteiger partial charge in [-0.2, -0.15) is 0 Å². The maximum Gasteiger partial charge on any atom is 0.192 e. The summed E-state index contributed by atoms with van der Waals surface area (Å²) in [5.74, 6) is 4.13. The second-order valence-corrected chi connectivity index (χ2v) is 5.01. The number of ether oxygens (including phenoxy) is 1. The molecule has 5 nitrogen and oxygen atoms in total. The first-order valence-electron chi connectivity index (χ1n) is 7.48. The normalized spacial score (nSPS) is 10.7. The predicted octanol–water partition coefficient (Wildman–Crippen LogP) is 1.93. The Bertz CT molecular complexity index is 512. The lowest BCUT2D eigenvalue weighted by molar-refractivity contribution is 0.259. The zero-order valence-electron chi connectivity index (χ0n) is 14.1. The van der Waals surface area contributed by atoms with E-state index in [0.29, 0.717) is 25.7 Å². The van der Waals surface area contributed by atoms with Gasteiger partial charge in [0.1, 0.15) is 12.4 Å². The van der Waals surface area contributed by atoms with E-state index in [1.54, 1.807) is 0 Å². The van der Waals surface area contributed by atoms with Gasteiger partial charge in [0.2, 0.25) is 0 Å². The fraction of sp³-hybridized carbons (Fsp3) is 0.471. The maximum absolute atomic E-state index is 5.84. The zero-order chi connectivity index (χ0) is 16.2. The zero-order valence-corrected chi connectivity index (χ0v) is 16.5. The van der Waals surface area contributed by atoms with Gasteiger partial charge in [-0.15, -0.1) is 30.4 Å². The average Bonchev–Trinajstić information content (AvgIpc) is 2.51. The Hall–Kier alpha value is -1.46. The lowest BCUT2D eigenvalue weighted by Crippen LogP contribution is -2.37. The van der Waals surface area contributed by atoms with Gasteiger partial charge in [0.05, 0.1) is 13.1 Å². The van der Waals surface area contributed by atoms with E-state index in [0.717, 1.165) is 24.4 Å². The second kappa shape index (κ2) is 13.0. The maximum atomic E-state index is 5.84. The SMILES string of the molecule is C#CCNC(=NCc1ccccc1OCCN(C)C)NCC.I. The Kier molecular flexibility index (Phi) is 12.2. The Balaban J connectivity index is 0.00000484. The molecule has 0 heterocycles. The molecule has 0 saturated heterocycles. The summed E-state index contributed by atoms with van der Waals surface area (Å²) in [6.45, 7) is 5.33. The number of para-hydroxylation sites is 1. The number of nitrogens with one attached hydrogen (secondary N) is 2. The van der Waals surface area contributed by atoms with Crippen molar-refractivity contribution in [2.45, 2.75) is 13.5 Å².